The van der Waals surface area contributed by atoms with E-state index in [1.54, 1.807) is 10.7 Å². The minimum atomic E-state index is -0.494. The molecule has 1 aromatic heterocycles. The summed E-state index contributed by atoms with van der Waals surface area (Å²) in [6.07, 6.45) is 1.46. The first-order chi connectivity index (χ1) is 9.60. The minimum Gasteiger partial charge on any atom is -0.483 e. The topological polar surface area (TPSA) is 60.2 Å². The summed E-state index contributed by atoms with van der Waals surface area (Å²) >= 11 is 0. The maximum Gasteiger partial charge on any atom is 0.165 e. The van der Waals surface area contributed by atoms with E-state index in [1.165, 1.54) is 18.5 Å². The molecule has 0 aliphatic rings. The van der Waals surface area contributed by atoms with Crippen molar-refractivity contribution in [2.45, 2.75) is 33.6 Å². The largest absolute Gasteiger partial charge is 0.483 e. The van der Waals surface area contributed by atoms with Crippen molar-refractivity contribution in [1.82, 2.24) is 14.8 Å². The molecular weight excluding hydrogens is 261 g/mol. The van der Waals surface area contributed by atoms with Crippen molar-refractivity contribution >= 4 is 0 Å². The Balaban J connectivity index is 2.03. The molecule has 0 fully saturated rings. The van der Waals surface area contributed by atoms with E-state index in [-0.39, 0.29) is 19.0 Å². The highest BCUT2D eigenvalue weighted by Gasteiger charge is 2.09. The van der Waals surface area contributed by atoms with Gasteiger partial charge in [0.1, 0.15) is 12.9 Å². The van der Waals surface area contributed by atoms with E-state index in [0.29, 0.717) is 17.3 Å². The summed E-state index contributed by atoms with van der Waals surface area (Å²) in [6, 6.07) is 4.38. The average molecular weight is 279 g/mol. The summed E-state index contributed by atoms with van der Waals surface area (Å²) in [4.78, 5) is 4.11. The van der Waals surface area contributed by atoms with Gasteiger partial charge in [-0.25, -0.2) is 14.1 Å². The van der Waals surface area contributed by atoms with Gasteiger partial charge in [-0.15, -0.1) is 0 Å². The third-order valence-corrected chi connectivity index (χ3v) is 2.77. The molecule has 20 heavy (non-hydrogen) atoms. The van der Waals surface area contributed by atoms with Crippen LogP contribution in [0.15, 0.2) is 24.5 Å². The molecule has 1 aromatic carbocycles. The number of hydrogen-bond acceptors (Lipinski definition) is 4. The lowest BCUT2D eigenvalue weighted by Crippen LogP contribution is -2.12. The number of rotatable bonds is 6. The van der Waals surface area contributed by atoms with Crippen LogP contribution in [0.2, 0.25) is 0 Å². The number of benzene rings is 1. The molecule has 0 unspecified atom stereocenters. The van der Waals surface area contributed by atoms with Crippen molar-refractivity contribution in [3.63, 3.8) is 0 Å². The first-order valence-corrected chi connectivity index (χ1v) is 6.49. The van der Waals surface area contributed by atoms with Gasteiger partial charge in [-0.2, -0.15) is 5.10 Å². The Bertz CT molecular complexity index is 569. The molecule has 5 nitrogen and oxygen atoms in total. The zero-order valence-electron chi connectivity index (χ0n) is 11.6. The van der Waals surface area contributed by atoms with Crippen molar-refractivity contribution in [3.8, 4) is 5.75 Å². The molecule has 2 aromatic rings. The fourth-order valence-electron chi connectivity index (χ4n) is 1.80. The number of aliphatic hydroxyl groups is 1. The van der Waals surface area contributed by atoms with Crippen LogP contribution in [0.1, 0.15) is 25.2 Å². The van der Waals surface area contributed by atoms with E-state index < -0.39 is 5.82 Å². The van der Waals surface area contributed by atoms with E-state index in [0.717, 1.165) is 6.54 Å². The molecule has 6 heteroatoms. The molecule has 0 aliphatic carbocycles. The first kappa shape index (κ1) is 14.5. The molecule has 0 saturated carbocycles. The zero-order chi connectivity index (χ0) is 14.5. The van der Waals surface area contributed by atoms with Gasteiger partial charge in [-0.05, 0) is 23.6 Å². The molecule has 2 rings (SSSR count). The summed E-state index contributed by atoms with van der Waals surface area (Å²) < 4.78 is 20.9. The zero-order valence-corrected chi connectivity index (χ0v) is 11.6. The lowest BCUT2D eigenvalue weighted by atomic mass is 10.2. The number of halogens is 1. The molecule has 0 aliphatic heterocycles. The van der Waals surface area contributed by atoms with Gasteiger partial charge in [0.25, 0.3) is 0 Å². The van der Waals surface area contributed by atoms with Gasteiger partial charge in [0, 0.05) is 6.54 Å². The third-order valence-electron chi connectivity index (χ3n) is 2.77. The Morgan fingerprint density at radius 1 is 1.40 bits per heavy atom. The predicted molar refractivity (Wildman–Crippen MR) is 71.5 cm³/mol. The normalized spacial score (nSPS) is 11.1. The Morgan fingerprint density at radius 3 is 2.85 bits per heavy atom. The highest BCUT2D eigenvalue weighted by Crippen LogP contribution is 2.19. The molecule has 0 radical (unpaired) electrons. The second-order valence-electron chi connectivity index (χ2n) is 4.96. The number of hydrogen-bond donors (Lipinski definition) is 1. The molecule has 1 N–H and O–H groups in total. The Kier molecular flexibility index (Phi) is 4.68. The third kappa shape index (κ3) is 3.54. The number of nitrogens with zero attached hydrogens (tertiary/aromatic N) is 3. The Labute approximate surface area is 117 Å². The molecule has 0 amide bonds. The van der Waals surface area contributed by atoms with Crippen LogP contribution in [0.5, 0.6) is 5.75 Å². The number of aromatic nitrogens is 3. The molecule has 1 heterocycles. The van der Waals surface area contributed by atoms with Gasteiger partial charge < -0.3 is 9.84 Å². The highest BCUT2D eigenvalue weighted by atomic mass is 19.1. The second kappa shape index (κ2) is 6.47. The van der Waals surface area contributed by atoms with Crippen molar-refractivity contribution < 1.29 is 14.2 Å². The highest BCUT2D eigenvalue weighted by molar-refractivity contribution is 5.29. The van der Waals surface area contributed by atoms with E-state index in [9.17, 15) is 4.39 Å². The lowest BCUT2D eigenvalue weighted by molar-refractivity contribution is 0.266. The van der Waals surface area contributed by atoms with E-state index >= 15 is 0 Å². The summed E-state index contributed by atoms with van der Waals surface area (Å²) in [5.74, 6) is 0.744. The summed E-state index contributed by atoms with van der Waals surface area (Å²) in [5, 5.41) is 13.0. The van der Waals surface area contributed by atoms with E-state index in [1.807, 2.05) is 0 Å². The van der Waals surface area contributed by atoms with E-state index in [2.05, 4.69) is 23.9 Å². The quantitative estimate of drug-likeness (QED) is 0.880. The van der Waals surface area contributed by atoms with Gasteiger partial charge >= 0.3 is 0 Å². The molecule has 0 bridgehead atoms. The van der Waals surface area contributed by atoms with Gasteiger partial charge in [0.2, 0.25) is 0 Å². The van der Waals surface area contributed by atoms with Gasteiger partial charge in [0.15, 0.2) is 17.4 Å². The van der Waals surface area contributed by atoms with Crippen LogP contribution in [0.25, 0.3) is 0 Å². The Morgan fingerprint density at radius 2 is 2.20 bits per heavy atom. The molecular formula is C14H18FN3O2. The number of aliphatic hydroxyl groups excluding tert-OH is 1. The van der Waals surface area contributed by atoms with E-state index in [4.69, 9.17) is 9.84 Å². The van der Waals surface area contributed by atoms with Crippen LogP contribution >= 0.6 is 0 Å². The maximum atomic E-state index is 13.7. The fraction of sp³-hybridized carbons (Fsp3) is 0.429. The van der Waals surface area contributed by atoms with Crippen LogP contribution in [0.3, 0.4) is 0 Å². The summed E-state index contributed by atoms with van der Waals surface area (Å²) in [5.41, 5.74) is 0.512. The SMILES string of the molecule is CC(C)Cn1ncnc1COc1ccc(CO)cc1F. The van der Waals surface area contributed by atoms with Crippen LogP contribution in [0.4, 0.5) is 4.39 Å². The summed E-state index contributed by atoms with van der Waals surface area (Å²) in [6.45, 7) is 4.87. The predicted octanol–water partition coefficient (Wildman–Crippen LogP) is 2.14. The van der Waals surface area contributed by atoms with Crippen LogP contribution in [0, 0.1) is 11.7 Å². The van der Waals surface area contributed by atoms with Gasteiger partial charge in [0.05, 0.1) is 6.61 Å². The smallest absolute Gasteiger partial charge is 0.165 e. The monoisotopic (exact) mass is 279 g/mol. The van der Waals surface area contributed by atoms with Crippen molar-refractivity contribution in [3.05, 3.63) is 41.7 Å². The Hall–Kier alpha value is -1.95. The maximum absolute atomic E-state index is 13.7. The van der Waals surface area contributed by atoms with Crippen molar-refractivity contribution in [2.75, 3.05) is 0 Å². The van der Waals surface area contributed by atoms with Crippen LogP contribution in [-0.2, 0) is 19.8 Å². The molecule has 0 spiro atoms. The molecule has 0 atom stereocenters. The number of ether oxygens (including phenoxy) is 1. The fourth-order valence-corrected chi connectivity index (χ4v) is 1.80. The van der Waals surface area contributed by atoms with Crippen LogP contribution in [-0.4, -0.2) is 19.9 Å². The minimum absolute atomic E-state index is 0.140. The summed E-state index contributed by atoms with van der Waals surface area (Å²) in [7, 11) is 0. The van der Waals surface area contributed by atoms with Gasteiger partial charge in [-0.3, -0.25) is 0 Å². The second-order valence-corrected chi connectivity index (χ2v) is 4.96. The van der Waals surface area contributed by atoms with Crippen molar-refractivity contribution in [1.29, 1.82) is 0 Å². The van der Waals surface area contributed by atoms with Gasteiger partial charge in [-0.1, -0.05) is 19.9 Å². The van der Waals surface area contributed by atoms with Crippen LogP contribution < -0.4 is 4.74 Å². The lowest BCUT2D eigenvalue weighted by Gasteiger charge is -2.10. The molecule has 0 saturated heterocycles. The standard InChI is InChI=1S/C14H18FN3O2/c1-10(2)6-18-14(16-9-17-18)8-20-13-4-3-11(7-19)5-12(13)15/h3-5,9-10,19H,6-8H2,1-2H3. The van der Waals surface area contributed by atoms with Crippen molar-refractivity contribution in [2.24, 2.45) is 5.92 Å². The molecule has 108 valence electrons. The average Bonchev–Trinajstić information content (AvgIpc) is 2.83. The first-order valence-electron chi connectivity index (χ1n) is 6.49.